The van der Waals surface area contributed by atoms with Crippen LogP contribution in [0.1, 0.15) is 28.9 Å². The fourth-order valence-corrected chi connectivity index (χ4v) is 2.21. The van der Waals surface area contributed by atoms with E-state index < -0.39 is 0 Å². The molecule has 21 heavy (non-hydrogen) atoms. The number of hydrogen-bond donors (Lipinski definition) is 2. The molecule has 1 atom stereocenters. The number of methoxy groups -OCH3 is 1. The lowest BCUT2D eigenvalue weighted by Crippen LogP contribution is -2.27. The van der Waals surface area contributed by atoms with Gasteiger partial charge in [-0.05, 0) is 36.8 Å². The molecule has 0 saturated carbocycles. The molecule has 0 bridgehead atoms. The van der Waals surface area contributed by atoms with Crippen molar-refractivity contribution in [3.63, 3.8) is 0 Å². The zero-order valence-electron chi connectivity index (χ0n) is 11.9. The van der Waals surface area contributed by atoms with Crippen molar-refractivity contribution >= 4 is 23.2 Å². The minimum atomic E-state index is -0.234. The monoisotopic (exact) mass is 304 g/mol. The summed E-state index contributed by atoms with van der Waals surface area (Å²) in [5.74, 6) is 0.384. The van der Waals surface area contributed by atoms with Gasteiger partial charge in [0.15, 0.2) is 0 Å². The van der Waals surface area contributed by atoms with Crippen LogP contribution in [0.3, 0.4) is 0 Å². The number of halogens is 1. The molecule has 0 unspecified atom stereocenters. The predicted molar refractivity (Wildman–Crippen MR) is 84.7 cm³/mol. The summed E-state index contributed by atoms with van der Waals surface area (Å²) in [6.45, 7) is 1.89. The standard InChI is InChI=1S/C16H17ClN2O2/c1-10(11-4-3-5-12(17)8-11)19-16(20)14-7-6-13(21-2)9-15(14)18/h3-10H,18H2,1-2H3,(H,19,20)/t10-/m0/s1. The molecular weight excluding hydrogens is 288 g/mol. The first-order valence-corrected chi connectivity index (χ1v) is 6.89. The van der Waals surface area contributed by atoms with Crippen LogP contribution in [-0.2, 0) is 0 Å². The molecule has 4 nitrogen and oxygen atoms in total. The Morgan fingerprint density at radius 2 is 2.05 bits per heavy atom. The molecule has 0 spiro atoms. The van der Waals surface area contributed by atoms with Crippen molar-refractivity contribution in [3.05, 3.63) is 58.6 Å². The minimum Gasteiger partial charge on any atom is -0.497 e. The van der Waals surface area contributed by atoms with Gasteiger partial charge in [-0.15, -0.1) is 0 Å². The molecule has 0 aliphatic rings. The predicted octanol–water partition coefficient (Wildman–Crippen LogP) is 3.42. The molecule has 0 radical (unpaired) electrons. The molecule has 2 aromatic rings. The van der Waals surface area contributed by atoms with Gasteiger partial charge in [0.2, 0.25) is 0 Å². The van der Waals surface area contributed by atoms with Crippen LogP contribution in [-0.4, -0.2) is 13.0 Å². The molecule has 3 N–H and O–H groups in total. The van der Waals surface area contributed by atoms with Crippen LogP contribution in [0.4, 0.5) is 5.69 Å². The van der Waals surface area contributed by atoms with Crippen molar-refractivity contribution in [2.75, 3.05) is 12.8 Å². The molecule has 2 rings (SSSR count). The zero-order valence-corrected chi connectivity index (χ0v) is 12.6. The van der Waals surface area contributed by atoms with E-state index in [1.54, 1.807) is 31.4 Å². The molecule has 5 heteroatoms. The number of ether oxygens (including phenoxy) is 1. The van der Waals surface area contributed by atoms with Crippen LogP contribution >= 0.6 is 11.6 Å². The number of nitrogens with one attached hydrogen (secondary N) is 1. The van der Waals surface area contributed by atoms with Crippen molar-refractivity contribution in [2.45, 2.75) is 13.0 Å². The smallest absolute Gasteiger partial charge is 0.253 e. The van der Waals surface area contributed by atoms with Gasteiger partial charge < -0.3 is 15.8 Å². The van der Waals surface area contributed by atoms with Crippen LogP contribution in [0.25, 0.3) is 0 Å². The van der Waals surface area contributed by atoms with Crippen molar-refractivity contribution in [3.8, 4) is 5.75 Å². The van der Waals surface area contributed by atoms with Gasteiger partial charge in [0.1, 0.15) is 5.75 Å². The number of benzene rings is 2. The normalized spacial score (nSPS) is 11.8. The lowest BCUT2D eigenvalue weighted by Gasteiger charge is -2.15. The number of nitrogen functional groups attached to an aromatic ring is 1. The maximum Gasteiger partial charge on any atom is 0.253 e. The Balaban J connectivity index is 2.14. The van der Waals surface area contributed by atoms with E-state index in [4.69, 9.17) is 22.1 Å². The van der Waals surface area contributed by atoms with Crippen molar-refractivity contribution in [1.82, 2.24) is 5.32 Å². The molecule has 0 saturated heterocycles. The average Bonchev–Trinajstić information content (AvgIpc) is 2.46. The van der Waals surface area contributed by atoms with Gasteiger partial charge >= 0.3 is 0 Å². The highest BCUT2D eigenvalue weighted by Gasteiger charge is 2.14. The van der Waals surface area contributed by atoms with Crippen molar-refractivity contribution in [2.24, 2.45) is 0 Å². The topological polar surface area (TPSA) is 64.3 Å². The van der Waals surface area contributed by atoms with E-state index in [2.05, 4.69) is 5.32 Å². The number of carbonyl (C=O) groups excluding carboxylic acids is 1. The third-order valence-corrected chi connectivity index (χ3v) is 3.43. The van der Waals surface area contributed by atoms with Crippen LogP contribution in [0.5, 0.6) is 5.75 Å². The second-order valence-electron chi connectivity index (χ2n) is 4.70. The molecule has 0 heterocycles. The molecule has 0 aromatic heterocycles. The molecule has 1 amide bonds. The Hall–Kier alpha value is -2.20. The first-order chi connectivity index (χ1) is 10.0. The Labute approximate surface area is 128 Å². The van der Waals surface area contributed by atoms with E-state index in [1.807, 2.05) is 25.1 Å². The third-order valence-electron chi connectivity index (χ3n) is 3.20. The van der Waals surface area contributed by atoms with Gasteiger partial charge in [0.25, 0.3) is 5.91 Å². The minimum absolute atomic E-state index is 0.169. The molecule has 0 aliphatic carbocycles. The maximum absolute atomic E-state index is 12.3. The van der Waals surface area contributed by atoms with Gasteiger partial charge in [-0.1, -0.05) is 23.7 Å². The largest absolute Gasteiger partial charge is 0.497 e. The third kappa shape index (κ3) is 3.67. The Morgan fingerprint density at radius 3 is 2.67 bits per heavy atom. The first-order valence-electron chi connectivity index (χ1n) is 6.51. The summed E-state index contributed by atoms with van der Waals surface area (Å²) in [4.78, 5) is 12.3. The summed E-state index contributed by atoms with van der Waals surface area (Å²) in [5.41, 5.74) is 7.61. The quantitative estimate of drug-likeness (QED) is 0.851. The lowest BCUT2D eigenvalue weighted by atomic mass is 10.1. The Kier molecular flexibility index (Phi) is 4.70. The van der Waals surface area contributed by atoms with E-state index in [1.165, 1.54) is 0 Å². The number of hydrogen-bond acceptors (Lipinski definition) is 3. The average molecular weight is 305 g/mol. The number of anilines is 1. The van der Waals surface area contributed by atoms with E-state index in [0.29, 0.717) is 22.0 Å². The molecule has 2 aromatic carbocycles. The van der Waals surface area contributed by atoms with Crippen molar-refractivity contribution in [1.29, 1.82) is 0 Å². The van der Waals surface area contributed by atoms with Crippen molar-refractivity contribution < 1.29 is 9.53 Å². The number of nitrogens with two attached hydrogens (primary N) is 1. The number of amides is 1. The van der Waals surface area contributed by atoms with E-state index in [-0.39, 0.29) is 11.9 Å². The Bertz CT molecular complexity index is 658. The summed E-state index contributed by atoms with van der Waals surface area (Å²) in [6.07, 6.45) is 0. The highest BCUT2D eigenvalue weighted by molar-refractivity contribution is 6.30. The second-order valence-corrected chi connectivity index (χ2v) is 5.14. The molecule has 110 valence electrons. The summed E-state index contributed by atoms with van der Waals surface area (Å²) in [6, 6.07) is 12.2. The highest BCUT2D eigenvalue weighted by Crippen LogP contribution is 2.21. The first kappa shape index (κ1) is 15.2. The zero-order chi connectivity index (χ0) is 15.4. The van der Waals surface area contributed by atoms with Crippen LogP contribution in [0.15, 0.2) is 42.5 Å². The van der Waals surface area contributed by atoms with Gasteiger partial charge in [-0.2, -0.15) is 0 Å². The SMILES string of the molecule is COc1ccc(C(=O)N[C@@H](C)c2cccc(Cl)c2)c(N)c1. The van der Waals surface area contributed by atoms with Crippen LogP contribution in [0.2, 0.25) is 5.02 Å². The fourth-order valence-electron chi connectivity index (χ4n) is 2.01. The van der Waals surface area contributed by atoms with Crippen LogP contribution < -0.4 is 15.8 Å². The lowest BCUT2D eigenvalue weighted by molar-refractivity contribution is 0.0941. The second kappa shape index (κ2) is 6.50. The highest BCUT2D eigenvalue weighted by atomic mass is 35.5. The summed E-state index contributed by atoms with van der Waals surface area (Å²) in [5, 5.41) is 3.54. The number of carbonyl (C=O) groups is 1. The summed E-state index contributed by atoms with van der Waals surface area (Å²) < 4.78 is 5.07. The Morgan fingerprint density at radius 1 is 1.29 bits per heavy atom. The summed E-state index contributed by atoms with van der Waals surface area (Å²) >= 11 is 5.95. The van der Waals surface area contributed by atoms with Gasteiger partial charge in [-0.25, -0.2) is 0 Å². The summed E-state index contributed by atoms with van der Waals surface area (Å²) in [7, 11) is 1.55. The van der Waals surface area contributed by atoms with Gasteiger partial charge in [0, 0.05) is 16.8 Å². The van der Waals surface area contributed by atoms with E-state index in [0.717, 1.165) is 5.56 Å². The molecular formula is C16H17ClN2O2. The number of rotatable bonds is 4. The van der Waals surface area contributed by atoms with E-state index >= 15 is 0 Å². The van der Waals surface area contributed by atoms with Crippen LogP contribution in [0, 0.1) is 0 Å². The van der Waals surface area contributed by atoms with Gasteiger partial charge in [0.05, 0.1) is 18.7 Å². The maximum atomic E-state index is 12.3. The van der Waals surface area contributed by atoms with Gasteiger partial charge in [-0.3, -0.25) is 4.79 Å². The fraction of sp³-hybridized carbons (Fsp3) is 0.188. The molecule has 0 fully saturated rings. The molecule has 0 aliphatic heterocycles. The van der Waals surface area contributed by atoms with E-state index in [9.17, 15) is 4.79 Å².